The van der Waals surface area contributed by atoms with E-state index in [1.54, 1.807) is 12.1 Å². The van der Waals surface area contributed by atoms with Gasteiger partial charge in [-0.1, -0.05) is 6.07 Å². The minimum Gasteiger partial charge on any atom is -0.325 e. The normalized spacial score (nSPS) is 12.2. The van der Waals surface area contributed by atoms with E-state index >= 15 is 0 Å². The fourth-order valence-electron chi connectivity index (χ4n) is 1.41. The van der Waals surface area contributed by atoms with Crippen molar-refractivity contribution in [1.29, 1.82) is 0 Å². The van der Waals surface area contributed by atoms with Gasteiger partial charge in [0.15, 0.2) is 0 Å². The Morgan fingerprint density at radius 3 is 2.45 bits per heavy atom. The number of rotatable bonds is 5. The molecule has 0 saturated carbocycles. The monoisotopic (exact) mass is 299 g/mol. The first-order valence-electron chi connectivity index (χ1n) is 6.22. The van der Waals surface area contributed by atoms with Crippen molar-refractivity contribution in [2.45, 2.75) is 31.2 Å². The van der Waals surface area contributed by atoms with E-state index < -0.39 is 10.0 Å². The molecule has 0 spiro atoms. The number of carbonyl (C=O) groups is 1. The number of anilines is 1. The highest BCUT2D eigenvalue weighted by Crippen LogP contribution is 2.14. The molecule has 0 aromatic heterocycles. The van der Waals surface area contributed by atoms with Gasteiger partial charge in [-0.2, -0.15) is 0 Å². The standard InChI is InChI=1S/C13H21N3O3S/c1-13(2,3)15-9-12(17)16-10-6-5-7-11(8-10)20(18,19)14-4/h5-8,14-15H,9H2,1-4H3,(H,16,17). The van der Waals surface area contributed by atoms with Crippen LogP contribution in [0.3, 0.4) is 0 Å². The minimum absolute atomic E-state index is 0.113. The summed E-state index contributed by atoms with van der Waals surface area (Å²) >= 11 is 0. The lowest BCUT2D eigenvalue weighted by atomic mass is 10.1. The van der Waals surface area contributed by atoms with Gasteiger partial charge in [-0.25, -0.2) is 13.1 Å². The Morgan fingerprint density at radius 2 is 1.90 bits per heavy atom. The first kappa shape index (κ1) is 16.6. The average molecular weight is 299 g/mol. The summed E-state index contributed by atoms with van der Waals surface area (Å²) in [6.07, 6.45) is 0. The Balaban J connectivity index is 2.75. The van der Waals surface area contributed by atoms with Crippen molar-refractivity contribution < 1.29 is 13.2 Å². The predicted octanol–water partition coefficient (Wildman–Crippen LogP) is 0.921. The lowest BCUT2D eigenvalue weighted by Crippen LogP contribution is -2.41. The zero-order valence-electron chi connectivity index (χ0n) is 12.1. The van der Waals surface area contributed by atoms with Gasteiger partial charge in [-0.3, -0.25) is 4.79 Å². The first-order valence-corrected chi connectivity index (χ1v) is 7.71. The van der Waals surface area contributed by atoms with E-state index in [-0.39, 0.29) is 22.9 Å². The van der Waals surface area contributed by atoms with Crippen molar-refractivity contribution in [3.8, 4) is 0 Å². The van der Waals surface area contributed by atoms with Crippen molar-refractivity contribution >= 4 is 21.6 Å². The van der Waals surface area contributed by atoms with Gasteiger partial charge in [-0.05, 0) is 46.0 Å². The summed E-state index contributed by atoms with van der Waals surface area (Å²) in [5.41, 5.74) is 0.288. The van der Waals surface area contributed by atoms with Crippen LogP contribution >= 0.6 is 0 Å². The molecule has 0 aliphatic carbocycles. The molecular weight excluding hydrogens is 278 g/mol. The molecule has 0 radical (unpaired) electrons. The third-order valence-electron chi connectivity index (χ3n) is 2.48. The van der Waals surface area contributed by atoms with Crippen LogP contribution in [0.1, 0.15) is 20.8 Å². The van der Waals surface area contributed by atoms with Crippen molar-refractivity contribution in [3.63, 3.8) is 0 Å². The molecule has 0 aliphatic rings. The zero-order chi connectivity index (χ0) is 15.4. The Kier molecular flexibility index (Phi) is 5.27. The third kappa shape index (κ3) is 5.28. The number of amides is 1. The molecule has 1 aromatic carbocycles. The van der Waals surface area contributed by atoms with Crippen LogP contribution in [0.15, 0.2) is 29.2 Å². The van der Waals surface area contributed by atoms with Gasteiger partial charge in [0.25, 0.3) is 0 Å². The molecule has 1 rings (SSSR count). The van der Waals surface area contributed by atoms with Crippen LogP contribution in [0, 0.1) is 0 Å². The maximum Gasteiger partial charge on any atom is 0.240 e. The summed E-state index contributed by atoms with van der Waals surface area (Å²) in [6.45, 7) is 6.04. The van der Waals surface area contributed by atoms with Crippen LogP contribution in [0.4, 0.5) is 5.69 Å². The Labute approximate surface area is 120 Å². The van der Waals surface area contributed by atoms with Crippen LogP contribution in [0.2, 0.25) is 0 Å². The number of hydrogen-bond donors (Lipinski definition) is 3. The number of carbonyl (C=O) groups excluding carboxylic acids is 1. The fraction of sp³-hybridized carbons (Fsp3) is 0.462. The number of sulfonamides is 1. The zero-order valence-corrected chi connectivity index (χ0v) is 13.0. The largest absolute Gasteiger partial charge is 0.325 e. The van der Waals surface area contributed by atoms with E-state index in [1.165, 1.54) is 19.2 Å². The molecule has 1 aromatic rings. The fourth-order valence-corrected chi connectivity index (χ4v) is 2.19. The van der Waals surface area contributed by atoms with Crippen LogP contribution in [-0.4, -0.2) is 33.5 Å². The van der Waals surface area contributed by atoms with Crippen molar-refractivity contribution in [2.24, 2.45) is 0 Å². The number of hydrogen-bond acceptors (Lipinski definition) is 4. The van der Waals surface area contributed by atoms with Crippen molar-refractivity contribution in [3.05, 3.63) is 24.3 Å². The van der Waals surface area contributed by atoms with Gasteiger partial charge in [0.2, 0.25) is 15.9 Å². The third-order valence-corrected chi connectivity index (χ3v) is 3.89. The molecule has 7 heteroatoms. The van der Waals surface area contributed by atoms with Crippen molar-refractivity contribution in [2.75, 3.05) is 18.9 Å². The lowest BCUT2D eigenvalue weighted by molar-refractivity contribution is -0.115. The molecule has 0 bridgehead atoms. The highest BCUT2D eigenvalue weighted by Gasteiger charge is 2.14. The van der Waals surface area contributed by atoms with E-state index in [1.807, 2.05) is 20.8 Å². The Morgan fingerprint density at radius 1 is 1.25 bits per heavy atom. The van der Waals surface area contributed by atoms with Gasteiger partial charge >= 0.3 is 0 Å². The molecule has 0 saturated heterocycles. The lowest BCUT2D eigenvalue weighted by Gasteiger charge is -2.20. The van der Waals surface area contributed by atoms with E-state index in [9.17, 15) is 13.2 Å². The van der Waals surface area contributed by atoms with Gasteiger partial charge in [0.1, 0.15) is 0 Å². The van der Waals surface area contributed by atoms with Gasteiger partial charge in [0.05, 0.1) is 11.4 Å². The number of benzene rings is 1. The molecule has 0 aliphatic heterocycles. The van der Waals surface area contributed by atoms with Crippen LogP contribution in [0.5, 0.6) is 0 Å². The van der Waals surface area contributed by atoms with Crippen LogP contribution < -0.4 is 15.4 Å². The van der Waals surface area contributed by atoms with Gasteiger partial charge in [-0.15, -0.1) is 0 Å². The summed E-state index contributed by atoms with van der Waals surface area (Å²) in [6, 6.07) is 6.11. The molecule has 0 atom stereocenters. The van der Waals surface area contributed by atoms with E-state index in [2.05, 4.69) is 15.4 Å². The summed E-state index contributed by atoms with van der Waals surface area (Å²) in [5, 5.41) is 5.71. The second-order valence-corrected chi connectivity index (χ2v) is 7.27. The van der Waals surface area contributed by atoms with E-state index in [0.29, 0.717) is 5.69 Å². The van der Waals surface area contributed by atoms with Crippen LogP contribution in [-0.2, 0) is 14.8 Å². The molecule has 6 nitrogen and oxygen atoms in total. The van der Waals surface area contributed by atoms with Crippen molar-refractivity contribution in [1.82, 2.24) is 10.0 Å². The second kappa shape index (κ2) is 6.34. The minimum atomic E-state index is -3.51. The molecular formula is C13H21N3O3S. The SMILES string of the molecule is CNS(=O)(=O)c1cccc(NC(=O)CNC(C)(C)C)c1. The molecule has 112 valence electrons. The summed E-state index contributed by atoms with van der Waals surface area (Å²) < 4.78 is 25.6. The summed E-state index contributed by atoms with van der Waals surface area (Å²) in [4.78, 5) is 11.9. The van der Waals surface area contributed by atoms with Gasteiger partial charge in [0, 0.05) is 11.2 Å². The molecule has 20 heavy (non-hydrogen) atoms. The molecule has 3 N–H and O–H groups in total. The maximum atomic E-state index is 11.8. The van der Waals surface area contributed by atoms with E-state index in [0.717, 1.165) is 0 Å². The summed E-state index contributed by atoms with van der Waals surface area (Å²) in [5.74, 6) is -0.223. The Bertz CT molecular complexity index is 577. The molecule has 0 unspecified atom stereocenters. The Hall–Kier alpha value is -1.44. The summed E-state index contributed by atoms with van der Waals surface area (Å²) in [7, 11) is -2.17. The smallest absolute Gasteiger partial charge is 0.240 e. The first-order chi connectivity index (χ1) is 9.14. The number of nitrogens with one attached hydrogen (secondary N) is 3. The topological polar surface area (TPSA) is 87.3 Å². The highest BCUT2D eigenvalue weighted by molar-refractivity contribution is 7.89. The average Bonchev–Trinajstić information content (AvgIpc) is 2.36. The van der Waals surface area contributed by atoms with Crippen LogP contribution in [0.25, 0.3) is 0 Å². The highest BCUT2D eigenvalue weighted by atomic mass is 32.2. The molecule has 0 fully saturated rings. The van der Waals surface area contributed by atoms with Gasteiger partial charge < -0.3 is 10.6 Å². The quantitative estimate of drug-likeness (QED) is 0.754. The molecule has 0 heterocycles. The second-order valence-electron chi connectivity index (χ2n) is 5.39. The predicted molar refractivity (Wildman–Crippen MR) is 79.1 cm³/mol. The maximum absolute atomic E-state index is 11.8. The molecule has 1 amide bonds. The van der Waals surface area contributed by atoms with E-state index in [4.69, 9.17) is 0 Å².